The van der Waals surface area contributed by atoms with Crippen LogP contribution in [0.4, 0.5) is 14.5 Å². The molecule has 0 radical (unpaired) electrons. The van der Waals surface area contributed by atoms with Crippen molar-refractivity contribution >= 4 is 39.1 Å². The van der Waals surface area contributed by atoms with E-state index in [1.165, 1.54) is 42.2 Å². The number of rotatable bonds is 10. The molecule has 180 valence electrons. The Morgan fingerprint density at radius 2 is 1.76 bits per heavy atom. The molecule has 2 aromatic rings. The van der Waals surface area contributed by atoms with E-state index in [0.29, 0.717) is 18.5 Å². The van der Waals surface area contributed by atoms with E-state index in [-0.39, 0.29) is 17.3 Å². The summed E-state index contributed by atoms with van der Waals surface area (Å²) in [6, 6.07) is 7.75. The first-order valence-corrected chi connectivity index (χ1v) is 12.4. The van der Waals surface area contributed by atoms with Crippen LogP contribution in [0.15, 0.2) is 42.5 Å². The highest BCUT2D eigenvalue weighted by Crippen LogP contribution is 2.25. The van der Waals surface area contributed by atoms with Crippen LogP contribution in [0.1, 0.15) is 25.8 Å². The summed E-state index contributed by atoms with van der Waals surface area (Å²) < 4.78 is 52.5. The second-order valence-corrected chi connectivity index (χ2v) is 9.80. The van der Waals surface area contributed by atoms with Gasteiger partial charge in [0, 0.05) is 13.1 Å². The van der Waals surface area contributed by atoms with Gasteiger partial charge in [0.05, 0.1) is 17.0 Å². The molecule has 11 heteroatoms. The van der Waals surface area contributed by atoms with Gasteiger partial charge in [-0.25, -0.2) is 17.2 Å². The molecule has 0 bridgehead atoms. The summed E-state index contributed by atoms with van der Waals surface area (Å²) in [4.78, 5) is 27.1. The summed E-state index contributed by atoms with van der Waals surface area (Å²) in [5.41, 5.74) is 0.553. The third kappa shape index (κ3) is 7.40. The minimum absolute atomic E-state index is 0.00192. The minimum atomic E-state index is -3.96. The number of halogens is 3. The Labute approximate surface area is 197 Å². The average molecular weight is 502 g/mol. The number of hydrogen-bond donors (Lipinski definition) is 1. The Hall–Kier alpha value is -2.72. The van der Waals surface area contributed by atoms with E-state index < -0.39 is 46.1 Å². The molecule has 0 unspecified atom stereocenters. The Morgan fingerprint density at radius 1 is 1.12 bits per heavy atom. The molecule has 2 rings (SSSR count). The van der Waals surface area contributed by atoms with Crippen molar-refractivity contribution in [3.63, 3.8) is 0 Å². The van der Waals surface area contributed by atoms with Crippen LogP contribution in [0.5, 0.6) is 0 Å². The molecule has 0 aliphatic heterocycles. The average Bonchev–Trinajstić information content (AvgIpc) is 2.76. The Balaban J connectivity index is 2.38. The zero-order chi connectivity index (χ0) is 24.8. The van der Waals surface area contributed by atoms with Crippen LogP contribution in [-0.4, -0.2) is 50.5 Å². The zero-order valence-corrected chi connectivity index (χ0v) is 20.1. The molecular weight excluding hydrogens is 476 g/mol. The number of benzene rings is 2. The summed E-state index contributed by atoms with van der Waals surface area (Å²) in [5.74, 6) is -2.28. The molecule has 7 nitrogen and oxygen atoms in total. The van der Waals surface area contributed by atoms with Crippen LogP contribution >= 0.6 is 11.6 Å². The fourth-order valence-electron chi connectivity index (χ4n) is 3.02. The van der Waals surface area contributed by atoms with E-state index in [1.54, 1.807) is 0 Å². The van der Waals surface area contributed by atoms with Gasteiger partial charge in [-0.1, -0.05) is 30.7 Å². The van der Waals surface area contributed by atoms with Crippen molar-refractivity contribution in [1.82, 2.24) is 10.2 Å². The van der Waals surface area contributed by atoms with Gasteiger partial charge < -0.3 is 10.2 Å². The molecule has 0 aliphatic rings. The lowest BCUT2D eigenvalue weighted by Gasteiger charge is -2.31. The molecule has 0 saturated heterocycles. The van der Waals surface area contributed by atoms with Crippen molar-refractivity contribution in [3.05, 3.63) is 64.7 Å². The molecule has 1 N–H and O–H groups in total. The number of carbonyl (C=O) groups excluding carboxylic acids is 2. The maximum absolute atomic E-state index is 13.6. The maximum Gasteiger partial charge on any atom is 0.244 e. The normalized spacial score (nSPS) is 12.2. The number of amides is 2. The Bertz CT molecular complexity index is 1100. The number of nitrogens with one attached hydrogen (secondary N) is 1. The second-order valence-electron chi connectivity index (χ2n) is 7.48. The van der Waals surface area contributed by atoms with Crippen LogP contribution in [0.2, 0.25) is 5.02 Å². The highest BCUT2D eigenvalue weighted by molar-refractivity contribution is 7.92. The van der Waals surface area contributed by atoms with E-state index in [0.717, 1.165) is 22.7 Å². The maximum atomic E-state index is 13.6. The van der Waals surface area contributed by atoms with Gasteiger partial charge in [0.1, 0.15) is 24.2 Å². The number of sulfonamides is 1. The van der Waals surface area contributed by atoms with Gasteiger partial charge >= 0.3 is 0 Å². The lowest BCUT2D eigenvalue weighted by molar-refractivity contribution is -0.139. The summed E-state index contributed by atoms with van der Waals surface area (Å²) in [6.45, 7) is 3.11. The third-order valence-electron chi connectivity index (χ3n) is 4.85. The predicted molar refractivity (Wildman–Crippen MR) is 123 cm³/mol. The second kappa shape index (κ2) is 11.4. The highest BCUT2D eigenvalue weighted by Gasteiger charge is 2.30. The van der Waals surface area contributed by atoms with Gasteiger partial charge in [0.2, 0.25) is 21.8 Å². The summed E-state index contributed by atoms with van der Waals surface area (Å²) in [5, 5.41) is 2.41. The molecule has 33 heavy (non-hydrogen) atoms. The van der Waals surface area contributed by atoms with Crippen LogP contribution in [0, 0.1) is 11.6 Å². The molecule has 0 aromatic heterocycles. The van der Waals surface area contributed by atoms with E-state index in [4.69, 9.17) is 11.6 Å². The first kappa shape index (κ1) is 26.5. The number of hydrogen-bond acceptors (Lipinski definition) is 4. The SMILES string of the molecule is CCCNC(=O)[C@H](C)N(Cc1ccc(F)cc1)C(=O)CN(c1ccc(F)c(Cl)c1)S(C)(=O)=O. The van der Waals surface area contributed by atoms with Crippen LogP contribution in [0.3, 0.4) is 0 Å². The van der Waals surface area contributed by atoms with Gasteiger partial charge in [-0.15, -0.1) is 0 Å². The molecule has 0 saturated carbocycles. The van der Waals surface area contributed by atoms with Crippen LogP contribution < -0.4 is 9.62 Å². The quantitative estimate of drug-likeness (QED) is 0.541. The topological polar surface area (TPSA) is 86.8 Å². The lowest BCUT2D eigenvalue weighted by atomic mass is 10.1. The third-order valence-corrected chi connectivity index (χ3v) is 6.28. The summed E-state index contributed by atoms with van der Waals surface area (Å²) in [7, 11) is -3.96. The van der Waals surface area contributed by atoms with E-state index in [1.807, 2.05) is 6.92 Å². The number of carbonyl (C=O) groups is 2. The molecule has 0 heterocycles. The smallest absolute Gasteiger partial charge is 0.244 e. The largest absolute Gasteiger partial charge is 0.354 e. The predicted octanol–water partition coefficient (Wildman–Crippen LogP) is 3.33. The van der Waals surface area contributed by atoms with Crippen molar-refractivity contribution in [2.45, 2.75) is 32.9 Å². The van der Waals surface area contributed by atoms with Crippen molar-refractivity contribution in [3.8, 4) is 0 Å². The first-order chi connectivity index (χ1) is 15.4. The monoisotopic (exact) mass is 501 g/mol. The molecule has 0 fully saturated rings. The number of anilines is 1. The van der Waals surface area contributed by atoms with Crippen LogP contribution in [0.25, 0.3) is 0 Å². The van der Waals surface area contributed by atoms with E-state index in [2.05, 4.69) is 5.32 Å². The first-order valence-electron chi connectivity index (χ1n) is 10.2. The highest BCUT2D eigenvalue weighted by atomic mass is 35.5. The molecular formula is C22H26ClF2N3O4S. The Morgan fingerprint density at radius 3 is 2.30 bits per heavy atom. The van der Waals surface area contributed by atoms with Gasteiger partial charge in [-0.3, -0.25) is 13.9 Å². The molecule has 1 atom stereocenters. The fourth-order valence-corrected chi connectivity index (χ4v) is 4.04. The summed E-state index contributed by atoms with van der Waals surface area (Å²) in [6.07, 6.45) is 1.59. The number of nitrogens with zero attached hydrogens (tertiary/aromatic N) is 2. The van der Waals surface area contributed by atoms with Gasteiger partial charge in [0.25, 0.3) is 0 Å². The molecule has 2 aromatic carbocycles. The van der Waals surface area contributed by atoms with Gasteiger partial charge in [-0.05, 0) is 49.2 Å². The minimum Gasteiger partial charge on any atom is -0.354 e. The lowest BCUT2D eigenvalue weighted by Crippen LogP contribution is -2.51. The molecule has 2 amide bonds. The van der Waals surface area contributed by atoms with E-state index >= 15 is 0 Å². The molecule has 0 aliphatic carbocycles. The zero-order valence-electron chi connectivity index (χ0n) is 18.5. The van der Waals surface area contributed by atoms with Crippen LogP contribution in [-0.2, 0) is 26.2 Å². The van der Waals surface area contributed by atoms with Gasteiger partial charge in [0.15, 0.2) is 0 Å². The van der Waals surface area contributed by atoms with Crippen molar-refractivity contribution in [1.29, 1.82) is 0 Å². The van der Waals surface area contributed by atoms with Crippen molar-refractivity contribution in [2.24, 2.45) is 0 Å². The molecule has 0 spiro atoms. The Kier molecular flexibility index (Phi) is 9.18. The van der Waals surface area contributed by atoms with Crippen molar-refractivity contribution < 1.29 is 26.8 Å². The fraction of sp³-hybridized carbons (Fsp3) is 0.364. The van der Waals surface area contributed by atoms with E-state index in [9.17, 15) is 26.8 Å². The standard InChI is InChI=1S/C22H26ClF2N3O4S/c1-4-11-26-22(30)15(2)27(13-16-5-7-17(24)8-6-16)21(29)14-28(33(3,31)32)18-9-10-20(25)19(23)12-18/h5-10,12,15H,4,11,13-14H2,1-3H3,(H,26,30)/t15-/m0/s1. The summed E-state index contributed by atoms with van der Waals surface area (Å²) >= 11 is 5.79. The van der Waals surface area contributed by atoms with Crippen molar-refractivity contribution in [2.75, 3.05) is 23.7 Å². The van der Waals surface area contributed by atoms with Gasteiger partial charge in [-0.2, -0.15) is 0 Å².